The van der Waals surface area contributed by atoms with E-state index in [9.17, 15) is 13.2 Å². The van der Waals surface area contributed by atoms with Gasteiger partial charge in [0.15, 0.2) is 0 Å². The number of hydrogen-bond acceptors (Lipinski definition) is 4. The van der Waals surface area contributed by atoms with Crippen molar-refractivity contribution in [2.24, 2.45) is 0 Å². The summed E-state index contributed by atoms with van der Waals surface area (Å²) < 4.78 is 28.3. The first kappa shape index (κ1) is 20.8. The molecule has 3 aromatic rings. The van der Waals surface area contributed by atoms with Gasteiger partial charge < -0.3 is 9.88 Å². The van der Waals surface area contributed by atoms with Crippen molar-refractivity contribution >= 4 is 15.9 Å². The molecule has 2 aromatic carbocycles. The Kier molecular flexibility index (Phi) is 6.46. The van der Waals surface area contributed by atoms with E-state index in [1.165, 1.54) is 10.6 Å². The van der Waals surface area contributed by atoms with Gasteiger partial charge in [0.2, 0.25) is 10.0 Å². The quantitative estimate of drug-likeness (QED) is 0.617. The summed E-state index contributed by atoms with van der Waals surface area (Å²) in [5.74, 6) is -0.270. The normalized spacial score (nSPS) is 11.6. The highest BCUT2D eigenvalue weighted by Crippen LogP contribution is 2.18. The summed E-state index contributed by atoms with van der Waals surface area (Å²) in [6.45, 7) is 4.88. The second-order valence-corrected chi connectivity index (χ2v) is 8.36. The number of aromatic nitrogens is 2. The van der Waals surface area contributed by atoms with E-state index in [0.717, 1.165) is 11.3 Å². The number of carbonyl (C=O) groups excluding carboxylic acids is 1. The molecule has 0 aliphatic heterocycles. The minimum absolute atomic E-state index is 0.242. The molecule has 0 unspecified atom stereocenters. The van der Waals surface area contributed by atoms with Crippen molar-refractivity contribution in [3.63, 3.8) is 0 Å². The van der Waals surface area contributed by atoms with Gasteiger partial charge in [0, 0.05) is 31.5 Å². The SMILES string of the molecule is CCN(CC)S(=O)(=O)c1ccc(-n2cnc(C(=O)NCc3ccccc3)c2)cc1. The number of imidazole rings is 1. The molecule has 8 heteroatoms. The van der Waals surface area contributed by atoms with Crippen molar-refractivity contribution in [2.45, 2.75) is 25.3 Å². The van der Waals surface area contributed by atoms with Crippen LogP contribution in [0.5, 0.6) is 0 Å². The third-order valence-corrected chi connectivity index (χ3v) is 6.65. The van der Waals surface area contributed by atoms with Gasteiger partial charge in [0.1, 0.15) is 12.0 Å². The molecule has 0 radical (unpaired) electrons. The van der Waals surface area contributed by atoms with Crippen LogP contribution in [0.3, 0.4) is 0 Å². The van der Waals surface area contributed by atoms with Gasteiger partial charge in [0.25, 0.3) is 5.91 Å². The Balaban J connectivity index is 1.71. The second kappa shape index (κ2) is 9.02. The predicted molar refractivity (Wildman–Crippen MR) is 111 cm³/mol. The summed E-state index contributed by atoms with van der Waals surface area (Å²) in [6.07, 6.45) is 3.15. The summed E-state index contributed by atoms with van der Waals surface area (Å²) in [4.78, 5) is 16.7. The molecule has 1 N–H and O–H groups in total. The minimum atomic E-state index is -3.50. The van der Waals surface area contributed by atoms with Crippen LogP contribution in [-0.4, -0.2) is 41.3 Å². The van der Waals surface area contributed by atoms with Crippen molar-refractivity contribution in [2.75, 3.05) is 13.1 Å². The number of rotatable bonds is 8. The van der Waals surface area contributed by atoms with Crippen molar-refractivity contribution in [1.29, 1.82) is 0 Å². The van der Waals surface area contributed by atoms with E-state index >= 15 is 0 Å². The van der Waals surface area contributed by atoms with E-state index < -0.39 is 10.0 Å². The van der Waals surface area contributed by atoms with Crippen molar-refractivity contribution in [3.8, 4) is 5.69 Å². The molecule has 0 aliphatic rings. The molecule has 3 rings (SSSR count). The van der Waals surface area contributed by atoms with Crippen LogP contribution in [0.25, 0.3) is 5.69 Å². The number of nitrogens with one attached hydrogen (secondary N) is 1. The molecule has 0 spiro atoms. The maximum Gasteiger partial charge on any atom is 0.271 e. The van der Waals surface area contributed by atoms with Crippen LogP contribution < -0.4 is 5.32 Å². The van der Waals surface area contributed by atoms with Gasteiger partial charge in [-0.1, -0.05) is 44.2 Å². The fourth-order valence-electron chi connectivity index (χ4n) is 2.95. The lowest BCUT2D eigenvalue weighted by atomic mass is 10.2. The third-order valence-electron chi connectivity index (χ3n) is 4.59. The molecule has 1 aromatic heterocycles. The number of benzene rings is 2. The highest BCUT2D eigenvalue weighted by atomic mass is 32.2. The smallest absolute Gasteiger partial charge is 0.271 e. The summed E-state index contributed by atoms with van der Waals surface area (Å²) in [7, 11) is -3.50. The molecule has 0 saturated carbocycles. The van der Waals surface area contributed by atoms with Crippen molar-refractivity contribution in [3.05, 3.63) is 78.4 Å². The fourth-order valence-corrected chi connectivity index (χ4v) is 4.41. The Morgan fingerprint density at radius 2 is 1.69 bits per heavy atom. The molecule has 0 bridgehead atoms. The Morgan fingerprint density at radius 3 is 2.31 bits per heavy atom. The highest BCUT2D eigenvalue weighted by Gasteiger charge is 2.21. The van der Waals surface area contributed by atoms with Gasteiger partial charge in [-0.15, -0.1) is 0 Å². The molecule has 152 valence electrons. The number of nitrogens with zero attached hydrogens (tertiary/aromatic N) is 3. The molecular formula is C21H24N4O3S. The summed E-state index contributed by atoms with van der Waals surface area (Å²) in [5, 5.41) is 2.83. The molecule has 0 aliphatic carbocycles. The third kappa shape index (κ3) is 4.72. The number of carbonyl (C=O) groups is 1. The first-order valence-electron chi connectivity index (χ1n) is 9.42. The van der Waals surface area contributed by atoms with Gasteiger partial charge in [-0.2, -0.15) is 4.31 Å². The maximum atomic E-state index is 12.6. The van der Waals surface area contributed by atoms with E-state index in [0.29, 0.717) is 25.3 Å². The van der Waals surface area contributed by atoms with Gasteiger partial charge in [-0.25, -0.2) is 13.4 Å². The van der Waals surface area contributed by atoms with E-state index in [2.05, 4.69) is 10.3 Å². The summed E-state index contributed by atoms with van der Waals surface area (Å²) in [6, 6.07) is 16.2. The lowest BCUT2D eigenvalue weighted by Gasteiger charge is -2.18. The number of sulfonamides is 1. The van der Waals surface area contributed by atoms with Gasteiger partial charge in [-0.05, 0) is 29.8 Å². The average molecular weight is 413 g/mol. The lowest BCUT2D eigenvalue weighted by molar-refractivity contribution is 0.0946. The largest absolute Gasteiger partial charge is 0.347 e. The number of amides is 1. The first-order chi connectivity index (χ1) is 14.0. The van der Waals surface area contributed by atoms with Crippen LogP contribution >= 0.6 is 0 Å². The molecule has 1 amide bonds. The van der Waals surface area contributed by atoms with Crippen LogP contribution in [0.4, 0.5) is 0 Å². The molecule has 29 heavy (non-hydrogen) atoms. The fraction of sp³-hybridized carbons (Fsp3) is 0.238. The number of hydrogen-bond donors (Lipinski definition) is 1. The van der Waals surface area contributed by atoms with Gasteiger partial charge in [-0.3, -0.25) is 4.79 Å². The zero-order chi connectivity index (χ0) is 20.9. The average Bonchev–Trinajstić information content (AvgIpc) is 3.24. The highest BCUT2D eigenvalue weighted by molar-refractivity contribution is 7.89. The Hall–Kier alpha value is -2.97. The maximum absolute atomic E-state index is 12.6. The Morgan fingerprint density at radius 1 is 1.03 bits per heavy atom. The first-order valence-corrected chi connectivity index (χ1v) is 10.9. The minimum Gasteiger partial charge on any atom is -0.347 e. The Bertz CT molecular complexity index is 1060. The van der Waals surface area contributed by atoms with Crippen LogP contribution in [0.15, 0.2) is 72.0 Å². The standard InChI is InChI=1S/C21H24N4O3S/c1-3-25(4-2)29(27,28)19-12-10-18(11-13-19)24-15-20(23-16-24)21(26)22-14-17-8-6-5-7-9-17/h5-13,15-16H,3-4,14H2,1-2H3,(H,22,26). The van der Waals surface area contributed by atoms with Crippen molar-refractivity contribution in [1.82, 2.24) is 19.2 Å². The molecular weight excluding hydrogens is 388 g/mol. The van der Waals surface area contributed by atoms with Gasteiger partial charge in [0.05, 0.1) is 4.90 Å². The Labute approximate surface area is 171 Å². The van der Waals surface area contributed by atoms with Crippen LogP contribution in [-0.2, 0) is 16.6 Å². The molecule has 0 atom stereocenters. The van der Waals surface area contributed by atoms with Crippen LogP contribution in [0, 0.1) is 0 Å². The van der Waals surface area contributed by atoms with Crippen LogP contribution in [0.1, 0.15) is 29.9 Å². The molecule has 7 nitrogen and oxygen atoms in total. The zero-order valence-electron chi connectivity index (χ0n) is 16.4. The molecule has 1 heterocycles. The van der Waals surface area contributed by atoms with Crippen molar-refractivity contribution < 1.29 is 13.2 Å². The van der Waals surface area contributed by atoms with E-state index in [-0.39, 0.29) is 10.8 Å². The summed E-state index contributed by atoms with van der Waals surface area (Å²) >= 11 is 0. The lowest BCUT2D eigenvalue weighted by Crippen LogP contribution is -2.30. The van der Waals surface area contributed by atoms with Crippen LogP contribution in [0.2, 0.25) is 0 Å². The predicted octanol–water partition coefficient (Wildman–Crippen LogP) is 2.83. The summed E-state index contributed by atoms with van der Waals surface area (Å²) in [5.41, 5.74) is 2.02. The van der Waals surface area contributed by atoms with E-state index in [4.69, 9.17) is 0 Å². The topological polar surface area (TPSA) is 84.3 Å². The van der Waals surface area contributed by atoms with Gasteiger partial charge >= 0.3 is 0 Å². The molecule has 0 saturated heterocycles. The molecule has 0 fully saturated rings. The van der Waals surface area contributed by atoms with E-state index in [1.54, 1.807) is 35.0 Å². The monoisotopic (exact) mass is 412 g/mol. The second-order valence-electron chi connectivity index (χ2n) is 6.42. The van der Waals surface area contributed by atoms with E-state index in [1.807, 2.05) is 44.2 Å². The zero-order valence-corrected chi connectivity index (χ0v) is 17.3.